The van der Waals surface area contributed by atoms with Crippen LogP contribution in [-0.4, -0.2) is 30.6 Å². The van der Waals surface area contributed by atoms with Gasteiger partial charge in [0.1, 0.15) is 0 Å². The van der Waals surface area contributed by atoms with Crippen molar-refractivity contribution in [2.45, 2.75) is 38.4 Å². The molecule has 1 aromatic carbocycles. The lowest BCUT2D eigenvalue weighted by Gasteiger charge is -2.20. The van der Waals surface area contributed by atoms with Gasteiger partial charge in [-0.15, -0.1) is 0 Å². The van der Waals surface area contributed by atoms with Gasteiger partial charge < -0.3 is 10.2 Å². The monoisotopic (exact) mass is 320 g/mol. The average molecular weight is 321 g/mol. The summed E-state index contributed by atoms with van der Waals surface area (Å²) in [5.41, 5.74) is -0.292. The molecule has 0 bridgehead atoms. The van der Waals surface area contributed by atoms with E-state index in [1.807, 2.05) is 0 Å². The number of nitrogens with zero attached hydrogens (tertiary/aromatic N) is 1. The molecule has 1 aliphatic heterocycles. The van der Waals surface area contributed by atoms with Crippen molar-refractivity contribution in [1.82, 2.24) is 4.90 Å². The van der Waals surface area contributed by atoms with Gasteiger partial charge in [0, 0.05) is 12.6 Å². The summed E-state index contributed by atoms with van der Waals surface area (Å²) in [5, 5.41) is 3.52. The summed E-state index contributed by atoms with van der Waals surface area (Å²) < 4.78 is 38.3. The number of halogens is 4. The zero-order valence-corrected chi connectivity index (χ0v) is 12.8. The predicted molar refractivity (Wildman–Crippen MR) is 79.8 cm³/mol. The minimum absolute atomic E-state index is 0.169. The van der Waals surface area contributed by atoms with Crippen LogP contribution in [0.4, 0.5) is 18.9 Å². The molecule has 1 aromatic rings. The second-order valence-electron chi connectivity index (χ2n) is 5.40. The average Bonchev–Trinajstić information content (AvgIpc) is 2.65. The zero-order chi connectivity index (χ0) is 15.5. The molecular formula is C15H20ClF3N2. The highest BCUT2D eigenvalue weighted by Gasteiger charge is 2.31. The Morgan fingerprint density at radius 2 is 2.05 bits per heavy atom. The van der Waals surface area contributed by atoms with E-state index in [4.69, 9.17) is 11.6 Å². The standard InChI is InChI=1S/C15H20ClF3N2/c1-2-21-8-3-4-12(7-9-21)20-14-10-11(15(17,18)19)5-6-13(14)16/h5-6,10,12,20H,2-4,7-9H2,1H3. The van der Waals surface area contributed by atoms with Crippen molar-refractivity contribution in [3.05, 3.63) is 28.8 Å². The molecule has 1 atom stereocenters. The molecule has 0 aromatic heterocycles. The smallest absolute Gasteiger partial charge is 0.381 e. The van der Waals surface area contributed by atoms with E-state index in [0.29, 0.717) is 10.7 Å². The van der Waals surface area contributed by atoms with Crippen molar-refractivity contribution < 1.29 is 13.2 Å². The Labute approximate surface area is 128 Å². The molecule has 118 valence electrons. The maximum Gasteiger partial charge on any atom is 0.416 e. The quantitative estimate of drug-likeness (QED) is 0.872. The van der Waals surface area contributed by atoms with Crippen LogP contribution in [0, 0.1) is 0 Å². The van der Waals surface area contributed by atoms with Gasteiger partial charge in [-0.3, -0.25) is 0 Å². The first-order valence-electron chi connectivity index (χ1n) is 7.25. The van der Waals surface area contributed by atoms with E-state index in [1.165, 1.54) is 6.07 Å². The molecule has 0 spiro atoms. The minimum Gasteiger partial charge on any atom is -0.381 e. The Bertz CT molecular complexity index is 476. The summed E-state index contributed by atoms with van der Waals surface area (Å²) >= 11 is 6.02. The van der Waals surface area contributed by atoms with Crippen molar-refractivity contribution >= 4 is 17.3 Å². The number of nitrogens with one attached hydrogen (secondary N) is 1. The number of rotatable bonds is 3. The summed E-state index contributed by atoms with van der Waals surface area (Å²) in [6.07, 6.45) is -1.44. The lowest BCUT2D eigenvalue weighted by molar-refractivity contribution is -0.137. The molecule has 2 nitrogen and oxygen atoms in total. The van der Waals surface area contributed by atoms with Crippen molar-refractivity contribution in [2.24, 2.45) is 0 Å². The molecule has 0 saturated carbocycles. The van der Waals surface area contributed by atoms with Crippen LogP contribution in [0.15, 0.2) is 18.2 Å². The van der Waals surface area contributed by atoms with Gasteiger partial charge in [0.2, 0.25) is 0 Å². The van der Waals surface area contributed by atoms with Gasteiger partial charge in [-0.05, 0) is 50.6 Å². The first-order chi connectivity index (χ1) is 9.90. The molecule has 1 N–H and O–H groups in total. The Hall–Kier alpha value is -0.940. The molecule has 1 saturated heterocycles. The summed E-state index contributed by atoms with van der Waals surface area (Å²) in [7, 11) is 0. The normalized spacial score (nSPS) is 21.1. The van der Waals surface area contributed by atoms with Crippen LogP contribution in [0.3, 0.4) is 0 Å². The van der Waals surface area contributed by atoms with Gasteiger partial charge >= 0.3 is 6.18 Å². The second kappa shape index (κ2) is 6.88. The first kappa shape index (κ1) is 16.4. The predicted octanol–water partition coefficient (Wildman–Crippen LogP) is 4.65. The third-order valence-electron chi connectivity index (χ3n) is 3.92. The highest BCUT2D eigenvalue weighted by molar-refractivity contribution is 6.33. The van der Waals surface area contributed by atoms with Crippen LogP contribution in [0.25, 0.3) is 0 Å². The maximum absolute atomic E-state index is 12.8. The summed E-state index contributed by atoms with van der Waals surface area (Å²) in [5.74, 6) is 0. The zero-order valence-electron chi connectivity index (χ0n) is 12.0. The highest BCUT2D eigenvalue weighted by Crippen LogP contribution is 2.34. The summed E-state index contributed by atoms with van der Waals surface area (Å²) in [6.45, 7) is 5.14. The molecule has 0 amide bonds. The fraction of sp³-hybridized carbons (Fsp3) is 0.600. The molecule has 0 radical (unpaired) electrons. The van der Waals surface area contributed by atoms with Crippen LogP contribution < -0.4 is 5.32 Å². The number of hydrogen-bond acceptors (Lipinski definition) is 2. The van der Waals surface area contributed by atoms with Crippen molar-refractivity contribution in [3.8, 4) is 0 Å². The molecule has 2 rings (SSSR count). The number of likely N-dealkylation sites (tertiary alicyclic amines) is 1. The minimum atomic E-state index is -4.34. The molecule has 1 aliphatic rings. The largest absolute Gasteiger partial charge is 0.416 e. The van der Waals surface area contributed by atoms with Crippen LogP contribution in [0.5, 0.6) is 0 Å². The van der Waals surface area contributed by atoms with Crippen molar-refractivity contribution in [2.75, 3.05) is 25.0 Å². The van der Waals surface area contributed by atoms with Crippen LogP contribution in [0.1, 0.15) is 31.7 Å². The van der Waals surface area contributed by atoms with Gasteiger partial charge in [-0.2, -0.15) is 13.2 Å². The SMILES string of the molecule is CCN1CCCC(Nc2cc(C(F)(F)F)ccc2Cl)CC1. The topological polar surface area (TPSA) is 15.3 Å². The Morgan fingerprint density at radius 3 is 2.71 bits per heavy atom. The molecule has 6 heteroatoms. The third kappa shape index (κ3) is 4.51. The number of anilines is 1. The van der Waals surface area contributed by atoms with E-state index >= 15 is 0 Å². The van der Waals surface area contributed by atoms with Gasteiger partial charge in [0.05, 0.1) is 16.3 Å². The first-order valence-corrected chi connectivity index (χ1v) is 7.63. The maximum atomic E-state index is 12.8. The van der Waals surface area contributed by atoms with Gasteiger partial charge in [0.25, 0.3) is 0 Å². The Balaban J connectivity index is 2.08. The van der Waals surface area contributed by atoms with Crippen molar-refractivity contribution in [1.29, 1.82) is 0 Å². The molecule has 21 heavy (non-hydrogen) atoms. The van der Waals surface area contributed by atoms with Gasteiger partial charge in [-0.25, -0.2) is 0 Å². The molecular weight excluding hydrogens is 301 g/mol. The van der Waals surface area contributed by atoms with Gasteiger partial charge in [0.15, 0.2) is 0 Å². The fourth-order valence-corrected chi connectivity index (χ4v) is 2.82. The van der Waals surface area contributed by atoms with E-state index in [2.05, 4.69) is 17.1 Å². The van der Waals surface area contributed by atoms with Crippen LogP contribution in [-0.2, 0) is 6.18 Å². The van der Waals surface area contributed by atoms with E-state index in [-0.39, 0.29) is 6.04 Å². The van der Waals surface area contributed by atoms with Crippen LogP contribution in [0.2, 0.25) is 5.02 Å². The molecule has 0 aliphatic carbocycles. The fourth-order valence-electron chi connectivity index (χ4n) is 2.65. The lowest BCUT2D eigenvalue weighted by atomic mass is 10.1. The van der Waals surface area contributed by atoms with Gasteiger partial charge in [-0.1, -0.05) is 18.5 Å². The second-order valence-corrected chi connectivity index (χ2v) is 5.81. The van der Waals surface area contributed by atoms with Crippen LogP contribution >= 0.6 is 11.6 Å². The van der Waals surface area contributed by atoms with E-state index in [0.717, 1.165) is 51.0 Å². The highest BCUT2D eigenvalue weighted by atomic mass is 35.5. The molecule has 1 fully saturated rings. The Morgan fingerprint density at radius 1 is 1.29 bits per heavy atom. The molecule has 1 heterocycles. The van der Waals surface area contributed by atoms with E-state index < -0.39 is 11.7 Å². The third-order valence-corrected chi connectivity index (χ3v) is 4.25. The van der Waals surface area contributed by atoms with Crippen molar-refractivity contribution in [3.63, 3.8) is 0 Å². The summed E-state index contributed by atoms with van der Waals surface area (Å²) in [4.78, 5) is 2.36. The lowest BCUT2D eigenvalue weighted by Crippen LogP contribution is -2.26. The summed E-state index contributed by atoms with van der Waals surface area (Å²) in [6, 6.07) is 3.59. The number of hydrogen-bond donors (Lipinski definition) is 1. The van der Waals surface area contributed by atoms with E-state index in [1.54, 1.807) is 0 Å². The number of alkyl halides is 3. The molecule has 1 unspecified atom stereocenters. The van der Waals surface area contributed by atoms with E-state index in [9.17, 15) is 13.2 Å². The Kier molecular flexibility index (Phi) is 5.38. The number of benzene rings is 1.